The number of aromatic amines is 2. The van der Waals surface area contributed by atoms with Gasteiger partial charge in [0.15, 0.2) is 5.65 Å². The molecule has 2 atom stereocenters. The third-order valence-electron chi connectivity index (χ3n) is 7.90. The fourth-order valence-electron chi connectivity index (χ4n) is 5.63. The van der Waals surface area contributed by atoms with Crippen molar-refractivity contribution in [2.75, 3.05) is 24.6 Å². The van der Waals surface area contributed by atoms with Crippen LogP contribution in [0.4, 0.5) is 10.3 Å². The second-order valence-electron chi connectivity index (χ2n) is 9.67. The number of anilines is 1. The van der Waals surface area contributed by atoms with Gasteiger partial charge >= 0.3 is 0 Å². The van der Waals surface area contributed by atoms with Crippen LogP contribution in [0, 0.1) is 11.2 Å². The maximum Gasteiger partial charge on any atom is 0.263 e. The Kier molecular flexibility index (Phi) is 4.26. The number of hydrogen-bond acceptors (Lipinski definition) is 6. The third-order valence-corrected chi connectivity index (χ3v) is 7.90. The number of halogens is 1. The van der Waals surface area contributed by atoms with E-state index in [0.717, 1.165) is 44.3 Å². The Morgan fingerprint density at radius 1 is 1.25 bits per heavy atom. The number of nitrogens with one attached hydrogen (secondary N) is 2. The Labute approximate surface area is 184 Å². The molecule has 0 bridgehead atoms. The molecule has 168 valence electrons. The number of H-pyrrole nitrogens is 2. The van der Waals surface area contributed by atoms with Gasteiger partial charge in [0.2, 0.25) is 5.95 Å². The highest BCUT2D eigenvalue weighted by Crippen LogP contribution is 2.54. The van der Waals surface area contributed by atoms with Crippen molar-refractivity contribution < 1.29 is 9.13 Å². The molecule has 2 aromatic heterocycles. The van der Waals surface area contributed by atoms with Crippen LogP contribution in [0.25, 0.3) is 11.0 Å². The van der Waals surface area contributed by atoms with Crippen LogP contribution in [0.5, 0.6) is 0 Å². The molecule has 2 aliphatic heterocycles. The number of rotatable bonds is 3. The molecule has 3 aliphatic rings. The number of ether oxygens (including phenoxy) is 1. The highest BCUT2D eigenvalue weighted by atomic mass is 19.1. The van der Waals surface area contributed by atoms with Gasteiger partial charge < -0.3 is 15.4 Å². The zero-order valence-corrected chi connectivity index (χ0v) is 18.0. The molecule has 1 aliphatic carbocycles. The Bertz CT molecular complexity index is 1240. The van der Waals surface area contributed by atoms with E-state index < -0.39 is 5.41 Å². The van der Waals surface area contributed by atoms with Crippen LogP contribution in [-0.2, 0) is 10.2 Å². The summed E-state index contributed by atoms with van der Waals surface area (Å²) < 4.78 is 19.7. The third kappa shape index (κ3) is 2.84. The lowest BCUT2D eigenvalue weighted by Gasteiger charge is -2.41. The van der Waals surface area contributed by atoms with Gasteiger partial charge in [-0.25, -0.2) is 4.39 Å². The summed E-state index contributed by atoms with van der Waals surface area (Å²) in [5, 5.41) is 7.90. The van der Waals surface area contributed by atoms with Crippen LogP contribution < -0.4 is 16.2 Å². The van der Waals surface area contributed by atoms with Crippen molar-refractivity contribution in [1.29, 1.82) is 0 Å². The predicted octanol–water partition coefficient (Wildman–Crippen LogP) is 2.20. The smallest absolute Gasteiger partial charge is 0.263 e. The zero-order valence-electron chi connectivity index (χ0n) is 18.0. The van der Waals surface area contributed by atoms with Crippen LogP contribution in [-0.4, -0.2) is 52.0 Å². The van der Waals surface area contributed by atoms with Gasteiger partial charge in [0.05, 0.1) is 18.4 Å². The molecule has 1 aromatic carbocycles. The highest BCUT2D eigenvalue weighted by Gasteiger charge is 2.50. The second kappa shape index (κ2) is 6.86. The minimum Gasteiger partial charge on any atom is -0.376 e. The standard InChI is InChI=1S/C23H27FN6O2/c1-13-17(25)22(12-32-13)7-9-30(10-8-22)21-26-19-16(20(31)27-21)18(28-29-19)23(5-6-23)14-3-2-4-15(24)11-14/h2-4,11,13,17H,5-10,12,25H2,1H3,(H2,26,27,28,29,31)/t13-,17+/m0/s1. The van der Waals surface area contributed by atoms with Gasteiger partial charge in [-0.15, -0.1) is 0 Å². The average molecular weight is 439 g/mol. The Morgan fingerprint density at radius 3 is 2.69 bits per heavy atom. The summed E-state index contributed by atoms with van der Waals surface area (Å²) in [6.45, 7) is 4.24. The van der Waals surface area contributed by atoms with Gasteiger partial charge in [-0.3, -0.25) is 14.9 Å². The molecule has 4 N–H and O–H groups in total. The molecule has 9 heteroatoms. The Hall–Kier alpha value is -2.78. The average Bonchev–Trinajstić information content (AvgIpc) is 3.42. The molecule has 1 spiro atoms. The minimum absolute atomic E-state index is 0.00474. The van der Waals surface area contributed by atoms with E-state index in [1.165, 1.54) is 12.1 Å². The van der Waals surface area contributed by atoms with E-state index in [0.29, 0.717) is 29.3 Å². The summed E-state index contributed by atoms with van der Waals surface area (Å²) >= 11 is 0. The molecule has 2 saturated heterocycles. The predicted molar refractivity (Wildman–Crippen MR) is 118 cm³/mol. The second-order valence-corrected chi connectivity index (χ2v) is 9.67. The van der Waals surface area contributed by atoms with E-state index in [1.807, 2.05) is 13.0 Å². The summed E-state index contributed by atoms with van der Waals surface area (Å²) in [6, 6.07) is 6.59. The van der Waals surface area contributed by atoms with Crippen LogP contribution in [0.1, 0.15) is 43.9 Å². The first-order valence-corrected chi connectivity index (χ1v) is 11.3. The fourth-order valence-corrected chi connectivity index (χ4v) is 5.63. The van der Waals surface area contributed by atoms with Crippen molar-refractivity contribution in [2.45, 2.75) is 50.2 Å². The number of nitrogens with zero attached hydrogens (tertiary/aromatic N) is 3. The first-order chi connectivity index (χ1) is 15.4. The maximum atomic E-state index is 13.8. The Balaban J connectivity index is 1.31. The molecule has 3 fully saturated rings. The van der Waals surface area contributed by atoms with E-state index >= 15 is 0 Å². The number of piperidine rings is 1. The molecule has 3 aromatic rings. The molecular weight excluding hydrogens is 411 g/mol. The van der Waals surface area contributed by atoms with Gasteiger partial charge in [0.25, 0.3) is 5.56 Å². The summed E-state index contributed by atoms with van der Waals surface area (Å²) in [6.07, 6.45) is 3.53. The highest BCUT2D eigenvalue weighted by molar-refractivity contribution is 5.80. The molecule has 32 heavy (non-hydrogen) atoms. The quantitative estimate of drug-likeness (QED) is 0.578. The first kappa shape index (κ1) is 19.9. The molecular formula is C23H27FN6O2. The maximum absolute atomic E-state index is 13.8. The van der Waals surface area contributed by atoms with Gasteiger partial charge in [-0.2, -0.15) is 10.1 Å². The topological polar surface area (TPSA) is 113 Å². The van der Waals surface area contributed by atoms with Crippen LogP contribution in [0.2, 0.25) is 0 Å². The lowest BCUT2D eigenvalue weighted by molar-refractivity contribution is 0.0973. The van der Waals surface area contributed by atoms with Crippen molar-refractivity contribution in [3.63, 3.8) is 0 Å². The lowest BCUT2D eigenvalue weighted by atomic mass is 9.73. The number of benzene rings is 1. The van der Waals surface area contributed by atoms with E-state index in [-0.39, 0.29) is 28.9 Å². The number of hydrogen-bond donors (Lipinski definition) is 3. The number of nitrogens with two attached hydrogens (primary N) is 1. The molecule has 6 rings (SSSR count). The molecule has 0 amide bonds. The van der Waals surface area contributed by atoms with Crippen molar-refractivity contribution >= 4 is 17.0 Å². The van der Waals surface area contributed by atoms with Gasteiger partial charge in [-0.05, 0) is 50.3 Å². The van der Waals surface area contributed by atoms with Crippen LogP contribution in [0.15, 0.2) is 29.1 Å². The van der Waals surface area contributed by atoms with E-state index in [2.05, 4.69) is 20.1 Å². The molecule has 4 heterocycles. The minimum atomic E-state index is -0.427. The summed E-state index contributed by atoms with van der Waals surface area (Å²) in [5.74, 6) is 0.260. The monoisotopic (exact) mass is 438 g/mol. The van der Waals surface area contributed by atoms with Gasteiger partial charge in [0, 0.05) is 30.0 Å². The summed E-state index contributed by atoms with van der Waals surface area (Å²) in [7, 11) is 0. The molecule has 0 unspecified atom stereocenters. The van der Waals surface area contributed by atoms with Crippen molar-refractivity contribution in [2.24, 2.45) is 11.1 Å². The molecule has 0 radical (unpaired) electrons. The number of fused-ring (bicyclic) bond motifs is 1. The van der Waals surface area contributed by atoms with Crippen molar-refractivity contribution in [1.82, 2.24) is 20.2 Å². The van der Waals surface area contributed by atoms with Gasteiger partial charge in [0.1, 0.15) is 11.2 Å². The molecule has 8 nitrogen and oxygen atoms in total. The largest absolute Gasteiger partial charge is 0.376 e. The molecule has 1 saturated carbocycles. The van der Waals surface area contributed by atoms with Crippen molar-refractivity contribution in [3.8, 4) is 0 Å². The van der Waals surface area contributed by atoms with E-state index in [9.17, 15) is 9.18 Å². The van der Waals surface area contributed by atoms with Crippen LogP contribution in [0.3, 0.4) is 0 Å². The van der Waals surface area contributed by atoms with E-state index in [1.54, 1.807) is 6.07 Å². The Morgan fingerprint density at radius 2 is 2.03 bits per heavy atom. The van der Waals surface area contributed by atoms with E-state index in [4.69, 9.17) is 15.5 Å². The van der Waals surface area contributed by atoms with Crippen molar-refractivity contribution in [3.05, 3.63) is 51.7 Å². The van der Waals surface area contributed by atoms with Crippen LogP contribution >= 0.6 is 0 Å². The lowest BCUT2D eigenvalue weighted by Crippen LogP contribution is -2.51. The normalized spacial score (nSPS) is 26.2. The summed E-state index contributed by atoms with van der Waals surface area (Å²) in [5.41, 5.74) is 7.75. The fraction of sp³-hybridized carbons (Fsp3) is 0.522. The number of aromatic nitrogens is 4. The first-order valence-electron chi connectivity index (χ1n) is 11.3. The van der Waals surface area contributed by atoms with Gasteiger partial charge in [-0.1, -0.05) is 12.1 Å². The summed E-state index contributed by atoms with van der Waals surface area (Å²) in [4.78, 5) is 22.9. The zero-order chi connectivity index (χ0) is 22.1. The SMILES string of the molecule is C[C@@H]1OCC2(CCN(c3nc4[nH]nc(C5(c6cccc(F)c6)CC5)c4c(=O)[nH]3)CC2)[C@@H]1N.